The SMILES string of the molecule is Cc1ccc(S(=O)(=O)Nc2cc(C(F)(F)F)ccc2OC(F)F)cc1. The van der Waals surface area contributed by atoms with E-state index in [0.717, 1.165) is 5.56 Å². The minimum absolute atomic E-state index is 0.237. The molecule has 2 rings (SSSR count). The maximum atomic E-state index is 12.8. The molecule has 1 N–H and O–H groups in total. The molecule has 0 aliphatic heterocycles. The lowest BCUT2D eigenvalue weighted by atomic mass is 10.2. The molecule has 0 aliphatic rings. The van der Waals surface area contributed by atoms with Gasteiger partial charge in [-0.15, -0.1) is 0 Å². The van der Waals surface area contributed by atoms with Crippen LogP contribution in [0.25, 0.3) is 0 Å². The number of rotatable bonds is 5. The zero-order chi connectivity index (χ0) is 18.8. The number of anilines is 1. The summed E-state index contributed by atoms with van der Waals surface area (Å²) in [6.45, 7) is -1.62. The number of alkyl halides is 5. The Kier molecular flexibility index (Phi) is 5.21. The van der Waals surface area contributed by atoms with Crippen molar-refractivity contribution < 1.29 is 35.1 Å². The highest BCUT2D eigenvalue weighted by atomic mass is 32.2. The summed E-state index contributed by atoms with van der Waals surface area (Å²) < 4.78 is 93.7. The molecule has 0 bridgehead atoms. The zero-order valence-corrected chi connectivity index (χ0v) is 13.5. The van der Waals surface area contributed by atoms with E-state index in [9.17, 15) is 30.4 Å². The van der Waals surface area contributed by atoms with Gasteiger partial charge in [-0.1, -0.05) is 17.7 Å². The number of hydrogen-bond acceptors (Lipinski definition) is 3. The lowest BCUT2D eigenvalue weighted by Crippen LogP contribution is -2.16. The maximum absolute atomic E-state index is 12.8. The summed E-state index contributed by atoms with van der Waals surface area (Å²) in [4.78, 5) is -0.237. The van der Waals surface area contributed by atoms with Crippen molar-refractivity contribution in [3.63, 3.8) is 0 Å². The first-order valence-electron chi connectivity index (χ1n) is 6.74. The van der Waals surface area contributed by atoms with E-state index in [1.807, 2.05) is 4.72 Å². The van der Waals surface area contributed by atoms with Crippen LogP contribution in [0.4, 0.5) is 27.6 Å². The Balaban J connectivity index is 2.46. The summed E-state index contributed by atoms with van der Waals surface area (Å²) in [5.74, 6) is -0.723. The van der Waals surface area contributed by atoms with Crippen LogP contribution in [0.1, 0.15) is 11.1 Å². The first-order chi connectivity index (χ1) is 11.5. The molecule has 0 atom stereocenters. The second-order valence-corrected chi connectivity index (χ2v) is 6.69. The maximum Gasteiger partial charge on any atom is 0.416 e. The minimum atomic E-state index is -4.78. The molecular formula is C15H12F5NO3S. The van der Waals surface area contributed by atoms with Crippen LogP contribution in [0, 0.1) is 6.92 Å². The first kappa shape index (κ1) is 19.0. The molecule has 0 fully saturated rings. The quantitative estimate of drug-likeness (QED) is 0.781. The van der Waals surface area contributed by atoms with Gasteiger partial charge in [0.15, 0.2) is 0 Å². The molecule has 136 valence electrons. The Bertz CT molecular complexity index is 848. The van der Waals surface area contributed by atoms with Crippen molar-refractivity contribution in [2.45, 2.75) is 24.6 Å². The summed E-state index contributed by atoms with van der Waals surface area (Å²) in [6, 6.07) is 6.97. The topological polar surface area (TPSA) is 55.4 Å². The third-order valence-corrected chi connectivity index (χ3v) is 4.48. The van der Waals surface area contributed by atoms with Crippen molar-refractivity contribution in [1.29, 1.82) is 0 Å². The second kappa shape index (κ2) is 6.87. The molecule has 0 heterocycles. The smallest absolute Gasteiger partial charge is 0.416 e. The van der Waals surface area contributed by atoms with Gasteiger partial charge in [0.05, 0.1) is 16.1 Å². The molecule has 0 aliphatic carbocycles. The third-order valence-electron chi connectivity index (χ3n) is 3.10. The predicted octanol–water partition coefficient (Wildman–Crippen LogP) is 4.42. The predicted molar refractivity (Wildman–Crippen MR) is 80.1 cm³/mol. The summed E-state index contributed by atoms with van der Waals surface area (Å²) in [6.07, 6.45) is -4.78. The van der Waals surface area contributed by atoms with Gasteiger partial charge in [-0.05, 0) is 37.3 Å². The van der Waals surface area contributed by atoms with Crippen LogP contribution in [0.2, 0.25) is 0 Å². The van der Waals surface area contributed by atoms with Gasteiger partial charge in [-0.2, -0.15) is 22.0 Å². The standard InChI is InChI=1S/C15H12F5NO3S/c1-9-2-5-11(6-3-9)25(22,23)21-12-8-10(15(18,19)20)4-7-13(12)24-14(16)17/h2-8,14,21H,1H3. The van der Waals surface area contributed by atoms with E-state index in [2.05, 4.69) is 4.74 Å². The van der Waals surface area contributed by atoms with Crippen molar-refractivity contribution in [1.82, 2.24) is 0 Å². The second-order valence-electron chi connectivity index (χ2n) is 5.01. The molecule has 0 saturated heterocycles. The molecule has 2 aromatic rings. The number of hydrogen-bond donors (Lipinski definition) is 1. The molecule has 4 nitrogen and oxygen atoms in total. The van der Waals surface area contributed by atoms with E-state index in [-0.39, 0.29) is 4.90 Å². The fraction of sp³-hybridized carbons (Fsp3) is 0.200. The van der Waals surface area contributed by atoms with Crippen molar-refractivity contribution in [2.75, 3.05) is 4.72 Å². The number of benzene rings is 2. The normalized spacial score (nSPS) is 12.3. The summed E-state index contributed by atoms with van der Waals surface area (Å²) in [5.41, 5.74) is -1.19. The van der Waals surface area contributed by atoms with Gasteiger partial charge in [-0.25, -0.2) is 8.42 Å². The molecule has 0 unspecified atom stereocenters. The molecule has 25 heavy (non-hydrogen) atoms. The van der Waals surface area contributed by atoms with Crippen molar-refractivity contribution in [3.05, 3.63) is 53.6 Å². The van der Waals surface area contributed by atoms with Gasteiger partial charge >= 0.3 is 12.8 Å². The van der Waals surface area contributed by atoms with E-state index >= 15 is 0 Å². The van der Waals surface area contributed by atoms with E-state index in [1.165, 1.54) is 24.3 Å². The van der Waals surface area contributed by atoms with Crippen LogP contribution < -0.4 is 9.46 Å². The highest BCUT2D eigenvalue weighted by Crippen LogP contribution is 2.36. The van der Waals surface area contributed by atoms with Gasteiger partial charge in [0.1, 0.15) is 5.75 Å². The zero-order valence-electron chi connectivity index (χ0n) is 12.6. The Morgan fingerprint density at radius 2 is 1.64 bits per heavy atom. The number of halogens is 5. The van der Waals surface area contributed by atoms with Crippen LogP contribution in [-0.2, 0) is 16.2 Å². The fourth-order valence-corrected chi connectivity index (χ4v) is 2.97. The molecule has 2 aromatic carbocycles. The lowest BCUT2D eigenvalue weighted by Gasteiger charge is -2.16. The number of ether oxygens (including phenoxy) is 1. The van der Waals surface area contributed by atoms with Crippen molar-refractivity contribution in [3.8, 4) is 5.75 Å². The van der Waals surface area contributed by atoms with Gasteiger partial charge in [-0.3, -0.25) is 4.72 Å². The molecule has 0 aromatic heterocycles. The van der Waals surface area contributed by atoms with Crippen LogP contribution >= 0.6 is 0 Å². The largest absolute Gasteiger partial charge is 0.433 e. The van der Waals surface area contributed by atoms with E-state index < -0.39 is 39.8 Å². The minimum Gasteiger partial charge on any atom is -0.433 e. The summed E-state index contributed by atoms with van der Waals surface area (Å²) in [7, 11) is -4.29. The first-order valence-corrected chi connectivity index (χ1v) is 8.23. The highest BCUT2D eigenvalue weighted by molar-refractivity contribution is 7.92. The van der Waals surface area contributed by atoms with Gasteiger partial charge < -0.3 is 4.74 Å². The number of nitrogens with one attached hydrogen (secondary N) is 1. The van der Waals surface area contributed by atoms with E-state index in [4.69, 9.17) is 0 Å². The van der Waals surface area contributed by atoms with Gasteiger partial charge in [0.25, 0.3) is 10.0 Å². The van der Waals surface area contributed by atoms with Crippen LogP contribution in [-0.4, -0.2) is 15.0 Å². The summed E-state index contributed by atoms with van der Waals surface area (Å²) >= 11 is 0. The van der Waals surface area contributed by atoms with E-state index in [0.29, 0.717) is 18.2 Å². The Labute approximate surface area is 140 Å². The average Bonchev–Trinajstić information content (AvgIpc) is 2.47. The molecular weight excluding hydrogens is 369 g/mol. The molecule has 0 spiro atoms. The van der Waals surface area contributed by atoms with Crippen LogP contribution in [0.5, 0.6) is 5.75 Å². The Morgan fingerprint density at radius 1 is 1.04 bits per heavy atom. The monoisotopic (exact) mass is 381 g/mol. The average molecular weight is 381 g/mol. The Hall–Kier alpha value is -2.36. The molecule has 0 saturated carbocycles. The highest BCUT2D eigenvalue weighted by Gasteiger charge is 2.32. The summed E-state index contributed by atoms with van der Waals surface area (Å²) in [5, 5.41) is 0. The number of aryl methyl sites for hydroxylation is 1. The van der Waals surface area contributed by atoms with Crippen LogP contribution in [0.15, 0.2) is 47.4 Å². The molecule has 10 heteroatoms. The molecule has 0 amide bonds. The van der Waals surface area contributed by atoms with Gasteiger partial charge in [0.2, 0.25) is 0 Å². The molecule has 0 radical (unpaired) electrons. The number of sulfonamides is 1. The van der Waals surface area contributed by atoms with Crippen molar-refractivity contribution in [2.24, 2.45) is 0 Å². The Morgan fingerprint density at radius 3 is 2.16 bits per heavy atom. The third kappa shape index (κ3) is 4.81. The van der Waals surface area contributed by atoms with Crippen molar-refractivity contribution >= 4 is 15.7 Å². The van der Waals surface area contributed by atoms with Crippen LogP contribution in [0.3, 0.4) is 0 Å². The lowest BCUT2D eigenvalue weighted by molar-refractivity contribution is -0.137. The van der Waals surface area contributed by atoms with Gasteiger partial charge in [0, 0.05) is 0 Å². The fourth-order valence-electron chi connectivity index (χ4n) is 1.91. The van der Waals surface area contributed by atoms with E-state index in [1.54, 1.807) is 6.92 Å².